The Bertz CT molecular complexity index is 1300. The number of para-hydroxylation sites is 1. The van der Waals surface area contributed by atoms with E-state index in [2.05, 4.69) is 9.97 Å². The molecular weight excluding hydrogens is 433 g/mol. The highest BCUT2D eigenvalue weighted by atomic mass is 32.2. The number of aryl methyl sites for hydroxylation is 1. The number of aromatic amines is 1. The van der Waals surface area contributed by atoms with Crippen LogP contribution in [0.5, 0.6) is 0 Å². The van der Waals surface area contributed by atoms with Gasteiger partial charge in [-0.15, -0.1) is 11.3 Å². The van der Waals surface area contributed by atoms with Gasteiger partial charge in [-0.05, 0) is 43.2 Å². The third-order valence-electron chi connectivity index (χ3n) is 4.93. The number of nitrogens with zero attached hydrogens (tertiary/aromatic N) is 2. The van der Waals surface area contributed by atoms with Crippen molar-refractivity contribution in [3.8, 4) is 11.1 Å². The molecule has 2 aromatic heterocycles. The van der Waals surface area contributed by atoms with Gasteiger partial charge < -0.3 is 9.88 Å². The second-order valence-electron chi connectivity index (χ2n) is 6.92. The lowest BCUT2D eigenvalue weighted by molar-refractivity contribution is -0.116. The number of carbonyl (C=O) groups excluding carboxylic acids is 1. The molecule has 0 atom stereocenters. The molecule has 0 unspecified atom stereocenters. The number of anilines is 1. The summed E-state index contributed by atoms with van der Waals surface area (Å²) in [6, 6.07) is 13.8. The summed E-state index contributed by atoms with van der Waals surface area (Å²) in [6.07, 6.45) is 0. The zero-order chi connectivity index (χ0) is 22.0. The van der Waals surface area contributed by atoms with Crippen LogP contribution in [-0.2, 0) is 4.79 Å². The van der Waals surface area contributed by atoms with E-state index in [9.17, 15) is 14.0 Å². The first-order chi connectivity index (χ1) is 15.0. The van der Waals surface area contributed by atoms with E-state index in [0.29, 0.717) is 21.9 Å². The first-order valence-corrected chi connectivity index (χ1v) is 11.6. The van der Waals surface area contributed by atoms with Crippen LogP contribution in [-0.4, -0.2) is 28.2 Å². The predicted molar refractivity (Wildman–Crippen MR) is 126 cm³/mol. The number of hydrogen-bond acceptors (Lipinski definition) is 5. The van der Waals surface area contributed by atoms with Crippen LogP contribution in [0.15, 0.2) is 63.9 Å². The number of benzene rings is 2. The van der Waals surface area contributed by atoms with Gasteiger partial charge in [0.05, 0.1) is 11.1 Å². The van der Waals surface area contributed by atoms with Gasteiger partial charge in [0.2, 0.25) is 5.91 Å². The fourth-order valence-corrected chi connectivity index (χ4v) is 5.14. The molecule has 0 bridgehead atoms. The van der Waals surface area contributed by atoms with Crippen LogP contribution in [0.1, 0.15) is 12.5 Å². The molecule has 2 heterocycles. The Morgan fingerprint density at radius 2 is 1.94 bits per heavy atom. The third kappa shape index (κ3) is 4.40. The number of thiophene rings is 1. The Labute approximate surface area is 187 Å². The van der Waals surface area contributed by atoms with Crippen molar-refractivity contribution in [1.82, 2.24) is 9.97 Å². The zero-order valence-electron chi connectivity index (χ0n) is 17.0. The van der Waals surface area contributed by atoms with Gasteiger partial charge in [0.1, 0.15) is 10.6 Å². The molecule has 0 spiro atoms. The van der Waals surface area contributed by atoms with E-state index in [-0.39, 0.29) is 23.0 Å². The molecule has 1 amide bonds. The molecule has 0 radical (unpaired) electrons. The van der Waals surface area contributed by atoms with E-state index >= 15 is 0 Å². The largest absolute Gasteiger partial charge is 0.312 e. The van der Waals surface area contributed by atoms with Gasteiger partial charge >= 0.3 is 0 Å². The average Bonchev–Trinajstić information content (AvgIpc) is 3.19. The van der Waals surface area contributed by atoms with Gasteiger partial charge in [-0.2, -0.15) is 0 Å². The van der Waals surface area contributed by atoms with Crippen LogP contribution in [0.3, 0.4) is 0 Å². The third-order valence-corrected chi connectivity index (χ3v) is 6.66. The molecule has 4 aromatic rings. The summed E-state index contributed by atoms with van der Waals surface area (Å²) in [5.74, 6) is -0.222. The second kappa shape index (κ2) is 9.03. The summed E-state index contributed by atoms with van der Waals surface area (Å²) in [5.41, 5.74) is 3.12. The number of carbonyl (C=O) groups is 1. The number of nitrogens with one attached hydrogen (secondary N) is 1. The van der Waals surface area contributed by atoms with Gasteiger partial charge in [-0.1, -0.05) is 42.1 Å². The first-order valence-electron chi connectivity index (χ1n) is 9.74. The molecule has 8 heteroatoms. The normalized spacial score (nSPS) is 11.1. The number of rotatable bonds is 6. The highest BCUT2D eigenvalue weighted by Gasteiger charge is 2.18. The van der Waals surface area contributed by atoms with E-state index in [1.165, 1.54) is 35.2 Å². The highest BCUT2D eigenvalue weighted by molar-refractivity contribution is 7.99. The van der Waals surface area contributed by atoms with Crippen molar-refractivity contribution in [2.75, 3.05) is 17.2 Å². The van der Waals surface area contributed by atoms with Gasteiger partial charge in [-0.25, -0.2) is 9.37 Å². The molecule has 0 aliphatic carbocycles. The number of fused-ring (bicyclic) bond motifs is 1. The van der Waals surface area contributed by atoms with Crippen molar-refractivity contribution in [2.45, 2.75) is 19.0 Å². The summed E-state index contributed by atoms with van der Waals surface area (Å²) in [5, 5.41) is 2.72. The summed E-state index contributed by atoms with van der Waals surface area (Å²) < 4.78 is 13.2. The minimum atomic E-state index is -0.328. The Kier molecular flexibility index (Phi) is 6.20. The number of aromatic nitrogens is 2. The lowest BCUT2D eigenvalue weighted by Gasteiger charge is -2.22. The molecule has 0 fully saturated rings. The van der Waals surface area contributed by atoms with Gasteiger partial charge in [0.15, 0.2) is 5.16 Å². The van der Waals surface area contributed by atoms with Crippen LogP contribution >= 0.6 is 23.1 Å². The van der Waals surface area contributed by atoms with Crippen molar-refractivity contribution in [3.05, 3.63) is 75.6 Å². The molecule has 1 N–H and O–H groups in total. The molecule has 0 saturated carbocycles. The first kappa shape index (κ1) is 21.3. The van der Waals surface area contributed by atoms with Gasteiger partial charge in [0.25, 0.3) is 5.56 Å². The predicted octanol–water partition coefficient (Wildman–Crippen LogP) is 5.24. The maximum Gasteiger partial charge on any atom is 0.260 e. The monoisotopic (exact) mass is 453 g/mol. The minimum absolute atomic E-state index is 0.0530. The summed E-state index contributed by atoms with van der Waals surface area (Å²) >= 11 is 2.56. The summed E-state index contributed by atoms with van der Waals surface area (Å²) in [6.45, 7) is 4.46. The molecule has 31 heavy (non-hydrogen) atoms. The SMILES string of the molecule is CCN(C(=O)CSc1nc2scc(-c3ccc(F)cc3)c2c(=O)[nH]1)c1ccccc1C. The molecule has 0 saturated heterocycles. The van der Waals surface area contributed by atoms with Crippen molar-refractivity contribution >= 4 is 44.9 Å². The maximum absolute atomic E-state index is 13.2. The van der Waals surface area contributed by atoms with Crippen molar-refractivity contribution in [1.29, 1.82) is 0 Å². The average molecular weight is 454 g/mol. The smallest absolute Gasteiger partial charge is 0.260 e. The highest BCUT2D eigenvalue weighted by Crippen LogP contribution is 2.31. The van der Waals surface area contributed by atoms with Crippen molar-refractivity contribution < 1.29 is 9.18 Å². The quantitative estimate of drug-likeness (QED) is 0.320. The van der Waals surface area contributed by atoms with Crippen molar-refractivity contribution in [2.24, 2.45) is 0 Å². The Morgan fingerprint density at radius 1 is 1.19 bits per heavy atom. The van der Waals surface area contributed by atoms with E-state index in [4.69, 9.17) is 0 Å². The van der Waals surface area contributed by atoms with Crippen LogP contribution in [0, 0.1) is 12.7 Å². The van der Waals surface area contributed by atoms with Crippen LogP contribution < -0.4 is 10.5 Å². The van der Waals surface area contributed by atoms with Gasteiger partial charge in [0, 0.05) is 23.2 Å². The number of thioether (sulfide) groups is 1. The molecule has 5 nitrogen and oxygen atoms in total. The fourth-order valence-electron chi connectivity index (χ4n) is 3.39. The van der Waals surface area contributed by atoms with E-state index in [0.717, 1.165) is 22.4 Å². The number of amides is 1. The standard InChI is InChI=1S/C23H20FN3O2S2/c1-3-27(18-7-5-4-6-14(18)2)19(28)13-31-23-25-21(29)20-17(12-30-22(20)26-23)15-8-10-16(24)11-9-15/h4-12H,3,13H2,1-2H3,(H,25,26,29). The lowest BCUT2D eigenvalue weighted by Crippen LogP contribution is -2.32. The summed E-state index contributed by atoms with van der Waals surface area (Å²) in [7, 11) is 0. The Balaban J connectivity index is 1.56. The Hall–Kier alpha value is -2.97. The lowest BCUT2D eigenvalue weighted by atomic mass is 10.1. The zero-order valence-corrected chi connectivity index (χ0v) is 18.6. The molecular formula is C23H20FN3O2S2. The maximum atomic E-state index is 13.2. The molecule has 2 aromatic carbocycles. The fraction of sp³-hybridized carbons (Fsp3) is 0.174. The Morgan fingerprint density at radius 3 is 2.65 bits per heavy atom. The van der Waals surface area contributed by atoms with Crippen LogP contribution in [0.4, 0.5) is 10.1 Å². The number of H-pyrrole nitrogens is 1. The minimum Gasteiger partial charge on any atom is -0.312 e. The topological polar surface area (TPSA) is 66.1 Å². The van der Waals surface area contributed by atoms with Crippen molar-refractivity contribution in [3.63, 3.8) is 0 Å². The van der Waals surface area contributed by atoms with Crippen LogP contribution in [0.2, 0.25) is 0 Å². The van der Waals surface area contributed by atoms with E-state index < -0.39 is 0 Å². The van der Waals surface area contributed by atoms with Gasteiger partial charge in [-0.3, -0.25) is 9.59 Å². The van der Waals surface area contributed by atoms with E-state index in [1.807, 2.05) is 43.5 Å². The molecule has 4 rings (SSSR count). The second-order valence-corrected chi connectivity index (χ2v) is 8.74. The molecule has 158 valence electrons. The molecule has 0 aliphatic rings. The molecule has 0 aliphatic heterocycles. The summed E-state index contributed by atoms with van der Waals surface area (Å²) in [4.78, 5) is 35.2. The number of hydrogen-bond donors (Lipinski definition) is 1. The van der Waals surface area contributed by atoms with E-state index in [1.54, 1.807) is 17.0 Å². The van der Waals surface area contributed by atoms with Crippen LogP contribution in [0.25, 0.3) is 21.3 Å². The number of halogens is 1.